The standard InChI is InChI=1S/C15H20FN3O3S.ClH/c1-19(12-7-10-3-4-11(8-12)18-10)15(20)9-2-5-14(13(16)6-9)23(17,21)22;/h2,5-6,10-12,18H,3-4,7-8H2,1H3,(H2,17,21,22);1H. The second kappa shape index (κ2) is 6.95. The zero-order chi connectivity index (χ0) is 16.8. The van der Waals surface area contributed by atoms with Gasteiger partial charge < -0.3 is 10.2 Å². The van der Waals surface area contributed by atoms with Crippen molar-refractivity contribution in [3.8, 4) is 0 Å². The molecule has 134 valence electrons. The van der Waals surface area contributed by atoms with Gasteiger partial charge in [0.1, 0.15) is 10.7 Å². The van der Waals surface area contributed by atoms with Gasteiger partial charge in [0.15, 0.2) is 0 Å². The van der Waals surface area contributed by atoms with E-state index in [1.54, 1.807) is 11.9 Å². The molecule has 0 spiro atoms. The smallest absolute Gasteiger partial charge is 0.253 e. The molecule has 2 heterocycles. The number of primary sulfonamides is 1. The van der Waals surface area contributed by atoms with Crippen molar-refractivity contribution in [3.63, 3.8) is 0 Å². The maximum absolute atomic E-state index is 13.9. The lowest BCUT2D eigenvalue weighted by atomic mass is 9.98. The van der Waals surface area contributed by atoms with Crippen molar-refractivity contribution in [1.29, 1.82) is 0 Å². The first-order valence-corrected chi connectivity index (χ1v) is 9.16. The average molecular weight is 378 g/mol. The number of fused-ring (bicyclic) bond motifs is 2. The molecule has 24 heavy (non-hydrogen) atoms. The molecule has 2 aliphatic rings. The quantitative estimate of drug-likeness (QED) is 0.829. The summed E-state index contributed by atoms with van der Waals surface area (Å²) in [4.78, 5) is 13.6. The van der Waals surface area contributed by atoms with Crippen LogP contribution in [0.1, 0.15) is 36.0 Å². The Hall–Kier alpha value is -1.22. The maximum Gasteiger partial charge on any atom is 0.253 e. The molecule has 0 saturated carbocycles. The molecule has 9 heteroatoms. The number of hydrogen-bond donors (Lipinski definition) is 2. The Bertz CT molecular complexity index is 731. The minimum absolute atomic E-state index is 0. The summed E-state index contributed by atoms with van der Waals surface area (Å²) in [5, 5.41) is 8.44. The number of nitrogens with two attached hydrogens (primary N) is 1. The van der Waals surface area contributed by atoms with Crippen molar-refractivity contribution < 1.29 is 17.6 Å². The van der Waals surface area contributed by atoms with Gasteiger partial charge in [0, 0.05) is 30.7 Å². The first kappa shape index (κ1) is 19.1. The molecular formula is C15H21ClFN3O3S. The normalized spacial score (nSPS) is 25.9. The number of halogens is 2. The van der Waals surface area contributed by atoms with Crippen LogP contribution < -0.4 is 10.5 Å². The summed E-state index contributed by atoms with van der Waals surface area (Å²) in [5.41, 5.74) is 0.128. The van der Waals surface area contributed by atoms with E-state index in [0.717, 1.165) is 37.8 Å². The van der Waals surface area contributed by atoms with E-state index in [2.05, 4.69) is 5.32 Å². The summed E-state index contributed by atoms with van der Waals surface area (Å²) in [6.45, 7) is 0. The first-order valence-electron chi connectivity index (χ1n) is 7.61. The van der Waals surface area contributed by atoms with Crippen molar-refractivity contribution in [2.24, 2.45) is 5.14 Å². The fourth-order valence-corrected chi connectivity index (χ4v) is 4.17. The van der Waals surface area contributed by atoms with Crippen molar-refractivity contribution in [2.75, 3.05) is 7.05 Å². The number of carbonyl (C=O) groups excluding carboxylic acids is 1. The van der Waals surface area contributed by atoms with Crippen molar-refractivity contribution in [1.82, 2.24) is 10.2 Å². The van der Waals surface area contributed by atoms with Gasteiger partial charge in [-0.05, 0) is 43.9 Å². The van der Waals surface area contributed by atoms with Crippen LogP contribution in [0.3, 0.4) is 0 Å². The number of sulfonamides is 1. The van der Waals surface area contributed by atoms with Crippen LogP contribution in [0.15, 0.2) is 23.1 Å². The lowest BCUT2D eigenvalue weighted by Crippen LogP contribution is -2.48. The van der Waals surface area contributed by atoms with Crippen LogP contribution in [0.25, 0.3) is 0 Å². The zero-order valence-electron chi connectivity index (χ0n) is 13.2. The van der Waals surface area contributed by atoms with Gasteiger partial charge in [-0.2, -0.15) is 0 Å². The highest BCUT2D eigenvalue weighted by Crippen LogP contribution is 2.30. The van der Waals surface area contributed by atoms with Gasteiger partial charge in [-0.3, -0.25) is 4.79 Å². The van der Waals surface area contributed by atoms with Crippen molar-refractivity contribution >= 4 is 28.3 Å². The molecule has 3 N–H and O–H groups in total. The largest absolute Gasteiger partial charge is 0.339 e. The number of carbonyl (C=O) groups is 1. The lowest BCUT2D eigenvalue weighted by Gasteiger charge is -2.35. The van der Waals surface area contributed by atoms with Crippen molar-refractivity contribution in [2.45, 2.75) is 48.7 Å². The summed E-state index contributed by atoms with van der Waals surface area (Å²) < 4.78 is 36.4. The van der Waals surface area contributed by atoms with Gasteiger partial charge in [0.25, 0.3) is 5.91 Å². The van der Waals surface area contributed by atoms with Crippen LogP contribution >= 0.6 is 12.4 Å². The molecule has 2 saturated heterocycles. The van der Waals surface area contributed by atoms with Crippen LogP contribution in [-0.4, -0.2) is 44.4 Å². The van der Waals surface area contributed by atoms with E-state index in [1.165, 1.54) is 6.07 Å². The molecule has 2 fully saturated rings. The average Bonchev–Trinajstić information content (AvgIpc) is 2.82. The van der Waals surface area contributed by atoms with E-state index in [4.69, 9.17) is 5.14 Å². The highest BCUT2D eigenvalue weighted by Gasteiger charge is 2.36. The monoisotopic (exact) mass is 377 g/mol. The predicted octanol–water partition coefficient (Wildman–Crippen LogP) is 1.25. The molecular weight excluding hydrogens is 357 g/mol. The second-order valence-electron chi connectivity index (χ2n) is 6.37. The van der Waals surface area contributed by atoms with E-state index in [9.17, 15) is 17.6 Å². The molecule has 1 aromatic carbocycles. The molecule has 2 atom stereocenters. The third-order valence-corrected chi connectivity index (χ3v) is 5.75. The number of piperidine rings is 1. The molecule has 0 aliphatic carbocycles. The van der Waals surface area contributed by atoms with Gasteiger partial charge in [0.05, 0.1) is 0 Å². The van der Waals surface area contributed by atoms with Crippen LogP contribution in [-0.2, 0) is 10.0 Å². The number of rotatable bonds is 3. The summed E-state index contributed by atoms with van der Waals surface area (Å²) >= 11 is 0. The third kappa shape index (κ3) is 3.72. The van der Waals surface area contributed by atoms with Crippen LogP contribution in [0, 0.1) is 5.82 Å². The minimum atomic E-state index is -4.13. The maximum atomic E-state index is 13.9. The Labute approximate surface area is 147 Å². The Morgan fingerprint density at radius 2 is 1.88 bits per heavy atom. The molecule has 1 aromatic rings. The number of hydrogen-bond acceptors (Lipinski definition) is 4. The van der Waals surface area contributed by atoms with E-state index in [-0.39, 0.29) is 29.9 Å². The van der Waals surface area contributed by atoms with Crippen LogP contribution in [0.5, 0.6) is 0 Å². The molecule has 2 unspecified atom stereocenters. The predicted molar refractivity (Wildman–Crippen MR) is 90.1 cm³/mol. The molecule has 0 radical (unpaired) electrons. The van der Waals surface area contributed by atoms with Gasteiger partial charge in [0.2, 0.25) is 10.0 Å². The zero-order valence-corrected chi connectivity index (χ0v) is 14.9. The number of amides is 1. The number of nitrogens with zero attached hydrogens (tertiary/aromatic N) is 1. The van der Waals surface area contributed by atoms with E-state index < -0.39 is 20.7 Å². The fraction of sp³-hybridized carbons (Fsp3) is 0.533. The Morgan fingerprint density at radius 1 is 1.29 bits per heavy atom. The second-order valence-corrected chi connectivity index (χ2v) is 7.90. The Morgan fingerprint density at radius 3 is 2.38 bits per heavy atom. The molecule has 0 aromatic heterocycles. The molecule has 1 amide bonds. The van der Waals surface area contributed by atoms with Gasteiger partial charge in [-0.15, -0.1) is 12.4 Å². The number of benzene rings is 1. The Kier molecular flexibility index (Phi) is 5.54. The van der Waals surface area contributed by atoms with Gasteiger partial charge >= 0.3 is 0 Å². The van der Waals surface area contributed by atoms with Gasteiger partial charge in [-0.25, -0.2) is 17.9 Å². The van der Waals surface area contributed by atoms with E-state index in [1.807, 2.05) is 0 Å². The van der Waals surface area contributed by atoms with E-state index in [0.29, 0.717) is 12.1 Å². The summed E-state index contributed by atoms with van der Waals surface area (Å²) in [5.74, 6) is -1.31. The minimum Gasteiger partial charge on any atom is -0.339 e. The highest BCUT2D eigenvalue weighted by molar-refractivity contribution is 7.89. The van der Waals surface area contributed by atoms with Crippen molar-refractivity contribution in [3.05, 3.63) is 29.6 Å². The fourth-order valence-electron chi connectivity index (χ4n) is 3.58. The van der Waals surface area contributed by atoms with E-state index >= 15 is 0 Å². The summed E-state index contributed by atoms with van der Waals surface area (Å²) in [6.07, 6.45) is 4.02. The Balaban J connectivity index is 0.00000208. The molecule has 2 bridgehead atoms. The van der Waals surface area contributed by atoms with Crippen LogP contribution in [0.4, 0.5) is 4.39 Å². The SMILES string of the molecule is CN(C(=O)c1ccc(S(N)(=O)=O)c(F)c1)C1CC2CCC(C1)N2.Cl. The topological polar surface area (TPSA) is 92.5 Å². The molecule has 6 nitrogen and oxygen atoms in total. The van der Waals surface area contributed by atoms with Gasteiger partial charge in [-0.1, -0.05) is 0 Å². The third-order valence-electron chi connectivity index (χ3n) is 4.80. The molecule has 2 aliphatic heterocycles. The van der Waals surface area contributed by atoms with Crippen LogP contribution in [0.2, 0.25) is 0 Å². The molecule has 3 rings (SSSR count). The lowest BCUT2D eigenvalue weighted by molar-refractivity contribution is 0.0681. The summed E-state index contributed by atoms with van der Waals surface area (Å²) in [7, 11) is -2.42. The number of nitrogens with one attached hydrogen (secondary N) is 1. The highest BCUT2D eigenvalue weighted by atomic mass is 35.5. The first-order chi connectivity index (χ1) is 10.8. The summed E-state index contributed by atoms with van der Waals surface area (Å²) in [6, 6.07) is 4.27.